The third-order valence-corrected chi connectivity index (χ3v) is 5.73. The summed E-state index contributed by atoms with van der Waals surface area (Å²) in [6.45, 7) is 8.37. The van der Waals surface area contributed by atoms with E-state index in [1.807, 2.05) is 6.92 Å². The molecule has 116 valence electrons. The average Bonchev–Trinajstić information content (AvgIpc) is 2.36. The van der Waals surface area contributed by atoms with Crippen LogP contribution in [0.4, 0.5) is 0 Å². The Morgan fingerprint density at radius 1 is 1.15 bits per heavy atom. The topological polar surface area (TPSA) is 83.6 Å². The van der Waals surface area contributed by atoms with Crippen molar-refractivity contribution in [2.75, 3.05) is 18.1 Å². The lowest BCUT2D eigenvalue weighted by atomic mass is 9.86. The van der Waals surface area contributed by atoms with E-state index >= 15 is 0 Å². The van der Waals surface area contributed by atoms with E-state index in [0.29, 0.717) is 6.42 Å². The summed E-state index contributed by atoms with van der Waals surface area (Å²) in [6, 6.07) is 0. The molecule has 7 heteroatoms. The third kappa shape index (κ3) is 2.97. The van der Waals surface area contributed by atoms with Crippen LogP contribution in [0.25, 0.3) is 0 Å². The number of amides is 2. The molecule has 0 aromatic rings. The Hall–Kier alpha value is -1.11. The lowest BCUT2D eigenvalue weighted by molar-refractivity contribution is -0.160. The molecule has 0 aliphatic carbocycles. The van der Waals surface area contributed by atoms with Gasteiger partial charge in [-0.3, -0.25) is 9.59 Å². The summed E-state index contributed by atoms with van der Waals surface area (Å²) in [6.07, 6.45) is 0.437. The first-order valence-electron chi connectivity index (χ1n) is 6.85. The second-order valence-electron chi connectivity index (χ2n) is 5.90. The molecule has 1 heterocycles. The van der Waals surface area contributed by atoms with Crippen molar-refractivity contribution in [1.29, 1.82) is 0 Å². The van der Waals surface area contributed by atoms with Crippen LogP contribution in [0.3, 0.4) is 0 Å². The average molecular weight is 304 g/mol. The van der Waals surface area contributed by atoms with Crippen LogP contribution in [-0.4, -0.2) is 54.3 Å². The minimum Gasteiger partial charge on any atom is -0.340 e. The van der Waals surface area contributed by atoms with E-state index in [4.69, 9.17) is 0 Å². The van der Waals surface area contributed by atoms with Gasteiger partial charge in [0.2, 0.25) is 11.8 Å². The predicted octanol–water partition coefficient (Wildman–Crippen LogP) is 0.327. The summed E-state index contributed by atoms with van der Waals surface area (Å²) in [5.74, 6) is -0.562. The number of nitrogens with zero attached hydrogens (tertiary/aromatic N) is 1. The predicted molar refractivity (Wildman–Crippen MR) is 77.0 cm³/mol. The third-order valence-electron chi connectivity index (χ3n) is 4.04. The fourth-order valence-corrected chi connectivity index (χ4v) is 2.98. The van der Waals surface area contributed by atoms with Crippen molar-refractivity contribution in [3.8, 4) is 0 Å². The van der Waals surface area contributed by atoms with Crippen molar-refractivity contribution in [2.45, 2.75) is 52.1 Å². The molecule has 1 fully saturated rings. The molecule has 2 amide bonds. The highest BCUT2D eigenvalue weighted by atomic mass is 32.2. The number of nitrogens with one attached hydrogen (secondary N) is 1. The van der Waals surface area contributed by atoms with E-state index in [9.17, 15) is 18.0 Å². The summed E-state index contributed by atoms with van der Waals surface area (Å²) < 4.78 is 23.3. The first-order chi connectivity index (χ1) is 9.00. The maximum atomic E-state index is 12.5. The first kappa shape index (κ1) is 16.9. The minimum absolute atomic E-state index is 0.0352. The Labute approximate surface area is 120 Å². The fourth-order valence-electron chi connectivity index (χ4n) is 2.23. The zero-order chi connectivity index (χ0) is 15.8. The quantitative estimate of drug-likeness (QED) is 0.793. The molecule has 0 saturated carbocycles. The van der Waals surface area contributed by atoms with Gasteiger partial charge in [0.05, 0.1) is 5.75 Å². The highest BCUT2D eigenvalue weighted by Crippen LogP contribution is 2.28. The monoisotopic (exact) mass is 304 g/mol. The van der Waals surface area contributed by atoms with E-state index in [1.165, 1.54) is 4.90 Å². The highest BCUT2D eigenvalue weighted by molar-refractivity contribution is 7.91. The van der Waals surface area contributed by atoms with E-state index < -0.39 is 20.9 Å². The molecule has 0 spiro atoms. The van der Waals surface area contributed by atoms with Crippen LogP contribution in [0.2, 0.25) is 0 Å². The van der Waals surface area contributed by atoms with E-state index in [-0.39, 0.29) is 29.9 Å². The Balaban J connectivity index is 3.08. The molecule has 1 aliphatic heterocycles. The Morgan fingerprint density at radius 3 is 2.15 bits per heavy atom. The molecule has 1 rings (SSSR count). The van der Waals surface area contributed by atoms with Gasteiger partial charge in [0.1, 0.15) is 11.1 Å². The highest BCUT2D eigenvalue weighted by Gasteiger charge is 2.51. The van der Waals surface area contributed by atoms with Crippen LogP contribution in [0.5, 0.6) is 0 Å². The molecule has 0 aromatic heterocycles. The molecule has 20 heavy (non-hydrogen) atoms. The van der Waals surface area contributed by atoms with Crippen molar-refractivity contribution in [3.63, 3.8) is 0 Å². The maximum absolute atomic E-state index is 12.5. The number of carbonyl (C=O) groups excluding carboxylic acids is 2. The fraction of sp³-hybridized carbons (Fsp3) is 0.846. The molecule has 1 unspecified atom stereocenters. The summed E-state index contributed by atoms with van der Waals surface area (Å²) in [5, 5.41) is 2.71. The second-order valence-corrected chi connectivity index (χ2v) is 8.37. The van der Waals surface area contributed by atoms with Gasteiger partial charge >= 0.3 is 0 Å². The number of rotatable bonds is 5. The lowest BCUT2D eigenvalue weighted by Crippen LogP contribution is -2.73. The van der Waals surface area contributed by atoms with E-state index in [2.05, 4.69) is 5.32 Å². The molecule has 0 aromatic carbocycles. The molecule has 1 saturated heterocycles. The molecule has 1 aliphatic rings. The molecule has 1 atom stereocenters. The van der Waals surface area contributed by atoms with Gasteiger partial charge in [-0.1, -0.05) is 13.8 Å². The Morgan fingerprint density at radius 2 is 1.70 bits per heavy atom. The van der Waals surface area contributed by atoms with E-state index in [1.54, 1.807) is 27.7 Å². The van der Waals surface area contributed by atoms with Crippen molar-refractivity contribution in [3.05, 3.63) is 0 Å². The van der Waals surface area contributed by atoms with Gasteiger partial charge < -0.3 is 10.2 Å². The van der Waals surface area contributed by atoms with Gasteiger partial charge in [-0.25, -0.2) is 8.42 Å². The van der Waals surface area contributed by atoms with Gasteiger partial charge in [0.25, 0.3) is 0 Å². The van der Waals surface area contributed by atoms with Crippen molar-refractivity contribution in [2.24, 2.45) is 0 Å². The van der Waals surface area contributed by atoms with Gasteiger partial charge in [-0.2, -0.15) is 0 Å². The number of hydrogen-bond donors (Lipinski definition) is 1. The number of piperazine rings is 1. The summed E-state index contributed by atoms with van der Waals surface area (Å²) >= 11 is 0. The number of hydrogen-bond acceptors (Lipinski definition) is 4. The van der Waals surface area contributed by atoms with Gasteiger partial charge in [0, 0.05) is 12.3 Å². The van der Waals surface area contributed by atoms with Gasteiger partial charge in [-0.15, -0.1) is 0 Å². The minimum atomic E-state index is -3.18. The zero-order valence-corrected chi connectivity index (χ0v) is 13.6. The van der Waals surface area contributed by atoms with Crippen molar-refractivity contribution >= 4 is 21.7 Å². The molecule has 0 bridgehead atoms. The standard InChI is InChI=1S/C13H24N2O4S/c1-6-13(5)10(16)14-12(3,4)11(17)15(13)8-9-20(18,19)7-2/h6-9H2,1-5H3,(H,14,16). The largest absolute Gasteiger partial charge is 0.340 e. The molecular weight excluding hydrogens is 280 g/mol. The van der Waals surface area contributed by atoms with Crippen LogP contribution in [-0.2, 0) is 19.4 Å². The molecule has 0 radical (unpaired) electrons. The molecule has 6 nitrogen and oxygen atoms in total. The summed E-state index contributed by atoms with van der Waals surface area (Å²) in [5.41, 5.74) is -1.99. The first-order valence-corrected chi connectivity index (χ1v) is 8.67. The van der Waals surface area contributed by atoms with Crippen LogP contribution in [0, 0.1) is 0 Å². The van der Waals surface area contributed by atoms with Crippen LogP contribution < -0.4 is 5.32 Å². The van der Waals surface area contributed by atoms with Crippen LogP contribution in [0.15, 0.2) is 0 Å². The van der Waals surface area contributed by atoms with E-state index in [0.717, 1.165) is 0 Å². The maximum Gasteiger partial charge on any atom is 0.248 e. The van der Waals surface area contributed by atoms with Gasteiger partial charge in [-0.05, 0) is 27.2 Å². The Bertz CT molecular complexity index is 512. The smallest absolute Gasteiger partial charge is 0.248 e. The Kier molecular flexibility index (Phi) is 4.53. The summed E-state index contributed by atoms with van der Waals surface area (Å²) in [7, 11) is -3.18. The van der Waals surface area contributed by atoms with Gasteiger partial charge in [0.15, 0.2) is 9.84 Å². The van der Waals surface area contributed by atoms with Crippen LogP contribution in [0.1, 0.15) is 41.0 Å². The summed E-state index contributed by atoms with van der Waals surface area (Å²) in [4.78, 5) is 26.2. The molecular formula is C13H24N2O4S. The zero-order valence-electron chi connectivity index (χ0n) is 12.8. The van der Waals surface area contributed by atoms with Crippen molar-refractivity contribution < 1.29 is 18.0 Å². The number of carbonyl (C=O) groups is 2. The van der Waals surface area contributed by atoms with Crippen molar-refractivity contribution in [1.82, 2.24) is 10.2 Å². The lowest BCUT2D eigenvalue weighted by Gasteiger charge is -2.48. The number of sulfone groups is 1. The van der Waals surface area contributed by atoms with Crippen LogP contribution >= 0.6 is 0 Å². The normalized spacial score (nSPS) is 26.6. The molecule has 1 N–H and O–H groups in total. The SMILES string of the molecule is CCC1(C)C(=O)NC(C)(C)C(=O)N1CCS(=O)(=O)CC. The second kappa shape index (κ2) is 5.35.